The third kappa shape index (κ3) is 4.99. The number of ether oxygens (including phenoxy) is 1. The Morgan fingerprint density at radius 2 is 1.86 bits per heavy atom. The van der Waals surface area contributed by atoms with Gasteiger partial charge < -0.3 is 15.6 Å². The number of thioether (sulfide) groups is 1. The molecule has 112 valence electrons. The molecule has 0 aliphatic carbocycles. The molecule has 2 aromatic rings. The predicted molar refractivity (Wildman–Crippen MR) is 89.7 cm³/mol. The molecular weight excluding hydrogens is 282 g/mol. The molecule has 0 aromatic heterocycles. The zero-order valence-corrected chi connectivity index (χ0v) is 13.0. The van der Waals surface area contributed by atoms with Gasteiger partial charge in [0, 0.05) is 11.5 Å². The van der Waals surface area contributed by atoms with Crippen molar-refractivity contribution >= 4 is 17.4 Å². The van der Waals surface area contributed by atoms with Crippen molar-refractivity contribution in [3.63, 3.8) is 0 Å². The predicted octanol–water partition coefficient (Wildman–Crippen LogP) is 3.25. The van der Waals surface area contributed by atoms with Crippen molar-refractivity contribution in [1.29, 1.82) is 0 Å². The van der Waals surface area contributed by atoms with Gasteiger partial charge in [-0.3, -0.25) is 0 Å². The Morgan fingerprint density at radius 1 is 1.14 bits per heavy atom. The van der Waals surface area contributed by atoms with Gasteiger partial charge in [-0.1, -0.05) is 36.4 Å². The fraction of sp³-hybridized carbons (Fsp3) is 0.294. The summed E-state index contributed by atoms with van der Waals surface area (Å²) in [7, 11) is 0. The van der Waals surface area contributed by atoms with Crippen LogP contribution in [-0.4, -0.2) is 23.6 Å². The number of hydrogen-bond acceptors (Lipinski definition) is 4. The summed E-state index contributed by atoms with van der Waals surface area (Å²) in [6.07, 6.45) is -0.501. The third-order valence-corrected chi connectivity index (χ3v) is 4.31. The molecule has 2 aromatic carbocycles. The number of aliphatic hydroxyl groups excluding tert-OH is 1. The van der Waals surface area contributed by atoms with Crippen molar-refractivity contribution in [3.05, 3.63) is 59.7 Å². The first-order valence-electron chi connectivity index (χ1n) is 6.94. The normalized spacial score (nSPS) is 12.1. The molecule has 3 nitrogen and oxygen atoms in total. The molecule has 0 bridgehead atoms. The molecule has 0 aliphatic heterocycles. The van der Waals surface area contributed by atoms with E-state index in [1.54, 1.807) is 17.8 Å². The van der Waals surface area contributed by atoms with Gasteiger partial charge >= 0.3 is 0 Å². The molecule has 0 fully saturated rings. The van der Waals surface area contributed by atoms with Gasteiger partial charge in [0.1, 0.15) is 12.4 Å². The number of nitrogens with two attached hydrogens (primary N) is 1. The van der Waals surface area contributed by atoms with Gasteiger partial charge in [0.2, 0.25) is 0 Å². The van der Waals surface area contributed by atoms with Crippen LogP contribution >= 0.6 is 11.8 Å². The lowest BCUT2D eigenvalue weighted by molar-refractivity contribution is 0.127. The van der Waals surface area contributed by atoms with Crippen LogP contribution in [0.4, 0.5) is 5.69 Å². The van der Waals surface area contributed by atoms with Crippen molar-refractivity contribution in [2.24, 2.45) is 0 Å². The highest BCUT2D eigenvalue weighted by Gasteiger charge is 2.07. The second kappa shape index (κ2) is 7.96. The minimum atomic E-state index is -0.501. The lowest BCUT2D eigenvalue weighted by Crippen LogP contribution is -2.20. The van der Waals surface area contributed by atoms with E-state index in [0.717, 1.165) is 5.75 Å². The van der Waals surface area contributed by atoms with Gasteiger partial charge in [-0.15, -0.1) is 0 Å². The Kier molecular flexibility index (Phi) is 5.96. The molecular formula is C17H21NO2S. The first-order chi connectivity index (χ1) is 10.2. The van der Waals surface area contributed by atoms with Crippen molar-refractivity contribution in [1.82, 2.24) is 0 Å². The molecule has 3 N–H and O–H groups in total. The Bertz CT molecular complexity index is 574. The molecule has 0 heterocycles. The topological polar surface area (TPSA) is 55.5 Å². The van der Waals surface area contributed by atoms with Gasteiger partial charge in [0.25, 0.3) is 0 Å². The number of aryl methyl sites for hydroxylation is 1. The highest BCUT2D eigenvalue weighted by Crippen LogP contribution is 2.21. The van der Waals surface area contributed by atoms with E-state index < -0.39 is 6.10 Å². The van der Waals surface area contributed by atoms with E-state index in [1.807, 2.05) is 30.3 Å². The second-order valence-electron chi connectivity index (χ2n) is 4.94. The highest BCUT2D eigenvalue weighted by molar-refractivity contribution is 7.98. The van der Waals surface area contributed by atoms with Gasteiger partial charge in [0.05, 0.1) is 11.8 Å². The first-order valence-corrected chi connectivity index (χ1v) is 8.10. The first kappa shape index (κ1) is 15.7. The number of rotatable bonds is 7. The molecule has 0 saturated carbocycles. The molecule has 4 heteroatoms. The summed E-state index contributed by atoms with van der Waals surface area (Å²) in [5, 5.41) is 9.96. The fourth-order valence-electron chi connectivity index (χ4n) is 1.92. The summed E-state index contributed by atoms with van der Waals surface area (Å²) in [5.41, 5.74) is 8.98. The van der Waals surface area contributed by atoms with Crippen molar-refractivity contribution in [3.8, 4) is 5.75 Å². The van der Waals surface area contributed by atoms with Crippen molar-refractivity contribution in [2.75, 3.05) is 18.1 Å². The zero-order valence-electron chi connectivity index (χ0n) is 12.2. The SMILES string of the molecule is Cc1ccccc1CSCC(O)COc1ccccc1N. The maximum atomic E-state index is 9.96. The van der Waals surface area contributed by atoms with Gasteiger partial charge in [-0.05, 0) is 30.2 Å². The number of anilines is 1. The zero-order chi connectivity index (χ0) is 15.1. The summed E-state index contributed by atoms with van der Waals surface area (Å²) >= 11 is 1.71. The minimum absolute atomic E-state index is 0.259. The summed E-state index contributed by atoms with van der Waals surface area (Å²) in [5.74, 6) is 2.17. The van der Waals surface area contributed by atoms with Crippen LogP contribution in [0, 0.1) is 6.92 Å². The number of nitrogen functional groups attached to an aromatic ring is 1. The van der Waals surface area contributed by atoms with E-state index >= 15 is 0 Å². The summed E-state index contributed by atoms with van der Waals surface area (Å²) < 4.78 is 5.54. The third-order valence-electron chi connectivity index (χ3n) is 3.18. The quantitative estimate of drug-likeness (QED) is 0.771. The molecule has 0 radical (unpaired) electrons. The summed E-state index contributed by atoms with van der Waals surface area (Å²) in [6, 6.07) is 15.6. The van der Waals surface area contributed by atoms with E-state index in [-0.39, 0.29) is 6.61 Å². The molecule has 1 unspecified atom stereocenters. The smallest absolute Gasteiger partial charge is 0.142 e. The molecule has 2 rings (SSSR count). The average Bonchev–Trinajstić information content (AvgIpc) is 2.48. The Morgan fingerprint density at radius 3 is 2.62 bits per heavy atom. The number of benzene rings is 2. The average molecular weight is 303 g/mol. The maximum absolute atomic E-state index is 9.96. The molecule has 0 saturated heterocycles. The van der Waals surface area contributed by atoms with Crippen LogP contribution in [0.2, 0.25) is 0 Å². The van der Waals surface area contributed by atoms with Crippen LogP contribution in [0.15, 0.2) is 48.5 Å². The van der Waals surface area contributed by atoms with E-state index in [0.29, 0.717) is 17.2 Å². The molecule has 21 heavy (non-hydrogen) atoms. The lowest BCUT2D eigenvalue weighted by Gasteiger charge is -2.13. The monoisotopic (exact) mass is 303 g/mol. The Balaban J connectivity index is 1.72. The van der Waals surface area contributed by atoms with Crippen LogP contribution < -0.4 is 10.5 Å². The van der Waals surface area contributed by atoms with Crippen LogP contribution in [0.1, 0.15) is 11.1 Å². The van der Waals surface area contributed by atoms with E-state index in [9.17, 15) is 5.11 Å². The number of aliphatic hydroxyl groups is 1. The van der Waals surface area contributed by atoms with Crippen LogP contribution in [0.25, 0.3) is 0 Å². The lowest BCUT2D eigenvalue weighted by atomic mass is 10.1. The van der Waals surface area contributed by atoms with E-state index in [2.05, 4.69) is 19.1 Å². The van der Waals surface area contributed by atoms with Crippen LogP contribution in [0.3, 0.4) is 0 Å². The summed E-state index contributed by atoms with van der Waals surface area (Å²) in [6.45, 7) is 2.36. The fourth-order valence-corrected chi connectivity index (χ4v) is 2.95. The Hall–Kier alpha value is -1.65. The number of para-hydroxylation sites is 2. The Labute approximate surface area is 130 Å². The van der Waals surface area contributed by atoms with Crippen LogP contribution in [-0.2, 0) is 5.75 Å². The standard InChI is InChI=1S/C17H21NO2S/c1-13-6-2-3-7-14(13)11-21-12-15(19)10-20-17-9-5-4-8-16(17)18/h2-9,15,19H,10-12,18H2,1H3. The van der Waals surface area contributed by atoms with E-state index in [1.165, 1.54) is 11.1 Å². The maximum Gasteiger partial charge on any atom is 0.142 e. The highest BCUT2D eigenvalue weighted by atomic mass is 32.2. The van der Waals surface area contributed by atoms with Gasteiger partial charge in [-0.2, -0.15) is 11.8 Å². The second-order valence-corrected chi connectivity index (χ2v) is 5.97. The summed E-state index contributed by atoms with van der Waals surface area (Å²) in [4.78, 5) is 0. The molecule has 0 aliphatic rings. The van der Waals surface area contributed by atoms with Gasteiger partial charge in [0.15, 0.2) is 0 Å². The molecule has 1 atom stereocenters. The van der Waals surface area contributed by atoms with Crippen molar-refractivity contribution < 1.29 is 9.84 Å². The van der Waals surface area contributed by atoms with Crippen molar-refractivity contribution in [2.45, 2.75) is 18.8 Å². The number of hydrogen-bond donors (Lipinski definition) is 2. The molecule has 0 spiro atoms. The largest absolute Gasteiger partial charge is 0.489 e. The van der Waals surface area contributed by atoms with Gasteiger partial charge in [-0.25, -0.2) is 0 Å². The van der Waals surface area contributed by atoms with E-state index in [4.69, 9.17) is 10.5 Å². The molecule has 0 amide bonds. The minimum Gasteiger partial charge on any atom is -0.489 e. The van der Waals surface area contributed by atoms with Crippen LogP contribution in [0.5, 0.6) is 5.75 Å².